The first-order valence-electron chi connectivity index (χ1n) is 7.98. The number of amides is 2. The van der Waals surface area contributed by atoms with Crippen LogP contribution in [-0.2, 0) is 6.54 Å². The standard InChI is InChI=1S/C19H23FN2O2/c1-4-22(14(2)16-8-10-17(20)11-9-16)19(23)21-13-15-6-5-7-18(12-15)24-3/h5-12,14H,4,13H2,1-3H3,(H,21,23). The number of nitrogens with one attached hydrogen (secondary N) is 1. The van der Waals surface area contributed by atoms with Gasteiger partial charge >= 0.3 is 6.03 Å². The predicted molar refractivity (Wildman–Crippen MR) is 92.4 cm³/mol. The predicted octanol–water partition coefficient (Wildman–Crippen LogP) is 4.13. The van der Waals surface area contributed by atoms with Crippen molar-refractivity contribution in [3.05, 3.63) is 65.5 Å². The summed E-state index contributed by atoms with van der Waals surface area (Å²) in [4.78, 5) is 14.2. The van der Waals surface area contributed by atoms with Crippen molar-refractivity contribution in [2.75, 3.05) is 13.7 Å². The van der Waals surface area contributed by atoms with Gasteiger partial charge in [-0.3, -0.25) is 0 Å². The largest absolute Gasteiger partial charge is 0.497 e. The minimum Gasteiger partial charge on any atom is -0.497 e. The third-order valence-electron chi connectivity index (χ3n) is 4.00. The maximum Gasteiger partial charge on any atom is 0.318 e. The van der Waals surface area contributed by atoms with Crippen molar-refractivity contribution in [2.24, 2.45) is 0 Å². The average molecular weight is 330 g/mol. The molecule has 0 aliphatic carbocycles. The first kappa shape index (κ1) is 17.8. The van der Waals surface area contributed by atoms with Gasteiger partial charge in [0.05, 0.1) is 13.2 Å². The monoisotopic (exact) mass is 330 g/mol. The van der Waals surface area contributed by atoms with Crippen molar-refractivity contribution in [1.29, 1.82) is 0 Å². The molecule has 0 aliphatic rings. The highest BCUT2D eigenvalue weighted by molar-refractivity contribution is 5.74. The summed E-state index contributed by atoms with van der Waals surface area (Å²) in [5, 5.41) is 2.92. The first-order chi connectivity index (χ1) is 11.5. The Labute approximate surface area is 142 Å². The van der Waals surface area contributed by atoms with Gasteiger partial charge in [-0.05, 0) is 49.2 Å². The van der Waals surface area contributed by atoms with E-state index in [4.69, 9.17) is 4.74 Å². The van der Waals surface area contributed by atoms with Crippen LogP contribution in [0.25, 0.3) is 0 Å². The van der Waals surface area contributed by atoms with Gasteiger partial charge in [0.25, 0.3) is 0 Å². The number of ether oxygens (including phenoxy) is 1. The maximum atomic E-state index is 13.1. The Balaban J connectivity index is 2.01. The van der Waals surface area contributed by atoms with Crippen LogP contribution in [0, 0.1) is 5.82 Å². The van der Waals surface area contributed by atoms with Gasteiger partial charge in [-0.25, -0.2) is 9.18 Å². The average Bonchev–Trinajstić information content (AvgIpc) is 2.61. The van der Waals surface area contributed by atoms with Crippen LogP contribution in [0.15, 0.2) is 48.5 Å². The highest BCUT2D eigenvalue weighted by Gasteiger charge is 2.19. The Kier molecular flexibility index (Phi) is 6.18. The maximum absolute atomic E-state index is 13.1. The van der Waals surface area contributed by atoms with Gasteiger partial charge in [0, 0.05) is 13.1 Å². The number of methoxy groups -OCH3 is 1. The number of hydrogen-bond acceptors (Lipinski definition) is 2. The lowest BCUT2D eigenvalue weighted by Crippen LogP contribution is -2.41. The van der Waals surface area contributed by atoms with E-state index >= 15 is 0 Å². The highest BCUT2D eigenvalue weighted by Crippen LogP contribution is 2.20. The molecule has 2 amide bonds. The minimum atomic E-state index is -0.281. The number of halogens is 1. The van der Waals surface area contributed by atoms with Gasteiger partial charge in [-0.15, -0.1) is 0 Å². The molecule has 1 N–H and O–H groups in total. The quantitative estimate of drug-likeness (QED) is 0.865. The molecule has 0 saturated carbocycles. The molecule has 0 fully saturated rings. The molecule has 1 atom stereocenters. The Morgan fingerprint density at radius 1 is 1.25 bits per heavy atom. The molecule has 1 unspecified atom stereocenters. The molecule has 5 heteroatoms. The van der Waals surface area contributed by atoms with Crippen LogP contribution in [-0.4, -0.2) is 24.6 Å². The molecule has 4 nitrogen and oxygen atoms in total. The Hall–Kier alpha value is -2.56. The van der Waals surface area contributed by atoms with Crippen molar-refractivity contribution >= 4 is 6.03 Å². The van der Waals surface area contributed by atoms with Gasteiger partial charge in [0.15, 0.2) is 0 Å². The van der Waals surface area contributed by atoms with E-state index in [1.807, 2.05) is 38.1 Å². The van der Waals surface area contributed by atoms with Crippen molar-refractivity contribution in [1.82, 2.24) is 10.2 Å². The molecule has 128 valence electrons. The fourth-order valence-corrected chi connectivity index (χ4v) is 2.58. The molecule has 0 saturated heterocycles. The molecular weight excluding hydrogens is 307 g/mol. The van der Waals surface area contributed by atoms with E-state index in [0.717, 1.165) is 16.9 Å². The molecule has 0 aliphatic heterocycles. The SMILES string of the molecule is CCN(C(=O)NCc1cccc(OC)c1)C(C)c1ccc(F)cc1. The molecule has 0 bridgehead atoms. The topological polar surface area (TPSA) is 41.6 Å². The first-order valence-corrected chi connectivity index (χ1v) is 7.98. The van der Waals surface area contributed by atoms with E-state index in [0.29, 0.717) is 13.1 Å². The second-order valence-corrected chi connectivity index (χ2v) is 5.52. The van der Waals surface area contributed by atoms with Gasteiger partial charge in [0.1, 0.15) is 11.6 Å². The van der Waals surface area contributed by atoms with E-state index in [1.54, 1.807) is 24.1 Å². The number of urea groups is 1. The molecule has 2 aromatic carbocycles. The van der Waals surface area contributed by atoms with Crippen LogP contribution < -0.4 is 10.1 Å². The van der Waals surface area contributed by atoms with Gasteiger partial charge in [0.2, 0.25) is 0 Å². The van der Waals surface area contributed by atoms with Gasteiger partial charge < -0.3 is 15.0 Å². The second kappa shape index (κ2) is 8.34. The molecule has 0 heterocycles. The Morgan fingerprint density at radius 2 is 1.96 bits per heavy atom. The van der Waals surface area contributed by atoms with Crippen LogP contribution in [0.3, 0.4) is 0 Å². The lowest BCUT2D eigenvalue weighted by atomic mass is 10.1. The highest BCUT2D eigenvalue weighted by atomic mass is 19.1. The zero-order chi connectivity index (χ0) is 17.5. The summed E-state index contributed by atoms with van der Waals surface area (Å²) in [5.41, 5.74) is 1.86. The number of hydrogen-bond donors (Lipinski definition) is 1. The number of rotatable bonds is 6. The van der Waals surface area contributed by atoms with Crippen LogP contribution >= 0.6 is 0 Å². The van der Waals surface area contributed by atoms with Crippen molar-refractivity contribution in [3.63, 3.8) is 0 Å². The van der Waals surface area contributed by atoms with Crippen LogP contribution in [0.4, 0.5) is 9.18 Å². The van der Waals surface area contributed by atoms with Gasteiger partial charge in [-0.2, -0.15) is 0 Å². The summed E-state index contributed by atoms with van der Waals surface area (Å²) in [6, 6.07) is 13.5. The van der Waals surface area contributed by atoms with E-state index in [-0.39, 0.29) is 17.9 Å². The third-order valence-corrected chi connectivity index (χ3v) is 4.00. The number of nitrogens with zero attached hydrogens (tertiary/aromatic N) is 1. The molecule has 0 spiro atoms. The zero-order valence-corrected chi connectivity index (χ0v) is 14.3. The zero-order valence-electron chi connectivity index (χ0n) is 14.3. The molecule has 0 aromatic heterocycles. The number of carbonyl (C=O) groups is 1. The molecule has 2 rings (SSSR count). The van der Waals surface area contributed by atoms with Crippen molar-refractivity contribution in [3.8, 4) is 5.75 Å². The molecule has 0 radical (unpaired) electrons. The summed E-state index contributed by atoms with van der Waals surface area (Å²) in [5.74, 6) is 0.477. The van der Waals surface area contributed by atoms with E-state index < -0.39 is 0 Å². The van der Waals surface area contributed by atoms with Crippen LogP contribution in [0.2, 0.25) is 0 Å². The second-order valence-electron chi connectivity index (χ2n) is 5.52. The third kappa shape index (κ3) is 4.47. The van der Waals surface area contributed by atoms with Crippen molar-refractivity contribution < 1.29 is 13.9 Å². The fourth-order valence-electron chi connectivity index (χ4n) is 2.58. The van der Waals surface area contributed by atoms with E-state index in [9.17, 15) is 9.18 Å². The van der Waals surface area contributed by atoms with Crippen LogP contribution in [0.5, 0.6) is 5.75 Å². The smallest absolute Gasteiger partial charge is 0.318 e. The summed E-state index contributed by atoms with van der Waals surface area (Å²) >= 11 is 0. The Bertz CT molecular complexity index is 673. The lowest BCUT2D eigenvalue weighted by molar-refractivity contribution is 0.182. The molecule has 24 heavy (non-hydrogen) atoms. The van der Waals surface area contributed by atoms with Crippen LogP contribution in [0.1, 0.15) is 31.0 Å². The summed E-state index contributed by atoms with van der Waals surface area (Å²) in [7, 11) is 1.61. The lowest BCUT2D eigenvalue weighted by Gasteiger charge is -2.28. The minimum absolute atomic E-state index is 0.138. The van der Waals surface area contributed by atoms with E-state index in [2.05, 4.69) is 5.32 Å². The summed E-state index contributed by atoms with van der Waals surface area (Å²) in [6.45, 7) is 4.83. The normalized spacial score (nSPS) is 11.7. The number of carbonyl (C=O) groups excluding carboxylic acids is 1. The summed E-state index contributed by atoms with van der Waals surface area (Å²) < 4.78 is 18.2. The molecular formula is C19H23FN2O2. The van der Waals surface area contributed by atoms with Gasteiger partial charge in [-0.1, -0.05) is 24.3 Å². The van der Waals surface area contributed by atoms with Crippen molar-refractivity contribution in [2.45, 2.75) is 26.4 Å². The Morgan fingerprint density at radius 3 is 2.58 bits per heavy atom. The molecule has 2 aromatic rings. The summed E-state index contributed by atoms with van der Waals surface area (Å²) in [6.07, 6.45) is 0. The fraction of sp³-hybridized carbons (Fsp3) is 0.316. The number of benzene rings is 2. The van der Waals surface area contributed by atoms with E-state index in [1.165, 1.54) is 12.1 Å².